The third-order valence-electron chi connectivity index (χ3n) is 4.04. The Bertz CT molecular complexity index is 522. The van der Waals surface area contributed by atoms with Crippen LogP contribution in [0.3, 0.4) is 0 Å². The molecule has 0 spiro atoms. The lowest BCUT2D eigenvalue weighted by molar-refractivity contribution is -0.122. The van der Waals surface area contributed by atoms with Gasteiger partial charge in [0.25, 0.3) is 0 Å². The summed E-state index contributed by atoms with van der Waals surface area (Å²) < 4.78 is 5.49. The van der Waals surface area contributed by atoms with E-state index >= 15 is 0 Å². The van der Waals surface area contributed by atoms with Crippen LogP contribution in [0.25, 0.3) is 0 Å². The standard InChI is InChI=1S/C16H23N3O3.ClH/c17-10-12-2-1-3-14(12)19-15(20)8-9-22-13-6-4-11(5-7-13)16(18)21;/h4-7,12,14H,1-3,8-10,17H2,(H2,18,21)(H,19,20);1H. The molecule has 1 aliphatic carbocycles. The maximum absolute atomic E-state index is 11.9. The van der Waals surface area contributed by atoms with Crippen LogP contribution in [0.1, 0.15) is 36.0 Å². The first-order valence-electron chi connectivity index (χ1n) is 7.62. The van der Waals surface area contributed by atoms with Gasteiger partial charge in [-0.1, -0.05) is 6.42 Å². The fraction of sp³-hybridized carbons (Fsp3) is 0.500. The van der Waals surface area contributed by atoms with Crippen molar-refractivity contribution in [2.75, 3.05) is 13.2 Å². The molecule has 1 saturated carbocycles. The quantitative estimate of drug-likeness (QED) is 0.693. The van der Waals surface area contributed by atoms with Gasteiger partial charge in [0.15, 0.2) is 0 Å². The molecular formula is C16H24ClN3O3. The Kier molecular flexibility index (Phi) is 7.85. The predicted octanol–water partition coefficient (Wildman–Crippen LogP) is 1.22. The fourth-order valence-electron chi connectivity index (χ4n) is 2.76. The minimum absolute atomic E-state index is 0. The molecule has 7 heteroatoms. The number of carbonyl (C=O) groups excluding carboxylic acids is 2. The minimum Gasteiger partial charge on any atom is -0.493 e. The highest BCUT2D eigenvalue weighted by molar-refractivity contribution is 5.92. The van der Waals surface area contributed by atoms with E-state index in [1.54, 1.807) is 24.3 Å². The van der Waals surface area contributed by atoms with E-state index in [2.05, 4.69) is 5.32 Å². The SMILES string of the molecule is Cl.NCC1CCCC1NC(=O)CCOc1ccc(C(N)=O)cc1. The highest BCUT2D eigenvalue weighted by atomic mass is 35.5. The van der Waals surface area contributed by atoms with Gasteiger partial charge in [0.1, 0.15) is 5.75 Å². The van der Waals surface area contributed by atoms with E-state index in [9.17, 15) is 9.59 Å². The number of primary amides is 1. The molecule has 1 aromatic rings. The van der Waals surface area contributed by atoms with Crippen molar-refractivity contribution in [3.8, 4) is 5.75 Å². The third-order valence-corrected chi connectivity index (χ3v) is 4.04. The van der Waals surface area contributed by atoms with Crippen LogP contribution in [-0.4, -0.2) is 31.0 Å². The summed E-state index contributed by atoms with van der Waals surface area (Å²) in [6, 6.07) is 6.73. The normalized spacial score (nSPS) is 19.7. The summed E-state index contributed by atoms with van der Waals surface area (Å²) in [6.07, 6.45) is 3.51. The van der Waals surface area contributed by atoms with Crippen molar-refractivity contribution in [3.05, 3.63) is 29.8 Å². The molecule has 5 N–H and O–H groups in total. The Morgan fingerprint density at radius 2 is 1.91 bits per heavy atom. The van der Waals surface area contributed by atoms with Crippen molar-refractivity contribution >= 4 is 24.2 Å². The molecular weight excluding hydrogens is 318 g/mol. The molecule has 2 rings (SSSR count). The van der Waals surface area contributed by atoms with Crippen molar-refractivity contribution in [2.24, 2.45) is 17.4 Å². The first kappa shape index (κ1) is 19.3. The molecule has 0 heterocycles. The second-order valence-corrected chi connectivity index (χ2v) is 5.59. The Morgan fingerprint density at radius 1 is 1.22 bits per heavy atom. The van der Waals surface area contributed by atoms with Crippen LogP contribution in [0.5, 0.6) is 5.75 Å². The number of ether oxygens (including phenoxy) is 1. The molecule has 0 saturated heterocycles. The number of hydrogen-bond donors (Lipinski definition) is 3. The van der Waals surface area contributed by atoms with E-state index in [0.717, 1.165) is 19.3 Å². The van der Waals surface area contributed by atoms with Crippen molar-refractivity contribution in [1.82, 2.24) is 5.32 Å². The molecule has 0 radical (unpaired) electrons. The molecule has 1 aliphatic rings. The van der Waals surface area contributed by atoms with Gasteiger partial charge < -0.3 is 21.5 Å². The maximum Gasteiger partial charge on any atom is 0.248 e. The Morgan fingerprint density at radius 3 is 2.52 bits per heavy atom. The minimum atomic E-state index is -0.475. The van der Waals surface area contributed by atoms with Crippen LogP contribution in [0, 0.1) is 5.92 Å². The summed E-state index contributed by atoms with van der Waals surface area (Å²) in [6.45, 7) is 0.912. The number of benzene rings is 1. The summed E-state index contributed by atoms with van der Waals surface area (Å²) in [7, 11) is 0. The van der Waals surface area contributed by atoms with Crippen LogP contribution in [0.4, 0.5) is 0 Å². The van der Waals surface area contributed by atoms with Gasteiger partial charge >= 0.3 is 0 Å². The van der Waals surface area contributed by atoms with Gasteiger partial charge in [-0.05, 0) is 49.6 Å². The number of hydrogen-bond acceptors (Lipinski definition) is 4. The number of nitrogens with one attached hydrogen (secondary N) is 1. The largest absolute Gasteiger partial charge is 0.493 e. The second-order valence-electron chi connectivity index (χ2n) is 5.59. The average molecular weight is 342 g/mol. The lowest BCUT2D eigenvalue weighted by Crippen LogP contribution is -2.40. The first-order chi connectivity index (χ1) is 10.6. The molecule has 2 unspecified atom stereocenters. The number of rotatable bonds is 7. The Labute approximate surface area is 142 Å². The van der Waals surface area contributed by atoms with Gasteiger partial charge in [0.2, 0.25) is 11.8 Å². The summed E-state index contributed by atoms with van der Waals surface area (Å²) in [5.41, 5.74) is 11.3. The van der Waals surface area contributed by atoms with E-state index in [4.69, 9.17) is 16.2 Å². The van der Waals surface area contributed by atoms with E-state index in [-0.39, 0.29) is 24.4 Å². The van der Waals surface area contributed by atoms with E-state index in [1.165, 1.54) is 0 Å². The zero-order chi connectivity index (χ0) is 15.9. The molecule has 0 aromatic heterocycles. The van der Waals surface area contributed by atoms with Crippen molar-refractivity contribution in [2.45, 2.75) is 31.7 Å². The van der Waals surface area contributed by atoms with E-state index in [1.807, 2.05) is 0 Å². The summed E-state index contributed by atoms with van der Waals surface area (Å²) >= 11 is 0. The number of halogens is 1. The summed E-state index contributed by atoms with van der Waals surface area (Å²) in [5, 5.41) is 3.03. The predicted molar refractivity (Wildman–Crippen MR) is 90.6 cm³/mol. The first-order valence-corrected chi connectivity index (χ1v) is 7.62. The molecule has 6 nitrogen and oxygen atoms in total. The third kappa shape index (κ3) is 5.73. The zero-order valence-electron chi connectivity index (χ0n) is 13.0. The Hall–Kier alpha value is -1.79. The van der Waals surface area contributed by atoms with Gasteiger partial charge in [0, 0.05) is 11.6 Å². The van der Waals surface area contributed by atoms with E-state index in [0.29, 0.717) is 36.8 Å². The van der Waals surface area contributed by atoms with Crippen molar-refractivity contribution in [3.63, 3.8) is 0 Å². The number of nitrogens with two attached hydrogens (primary N) is 2. The topological polar surface area (TPSA) is 107 Å². The van der Waals surface area contributed by atoms with Crippen LogP contribution < -0.4 is 21.5 Å². The van der Waals surface area contributed by atoms with E-state index < -0.39 is 5.91 Å². The van der Waals surface area contributed by atoms with Crippen LogP contribution in [-0.2, 0) is 4.79 Å². The average Bonchev–Trinajstić information content (AvgIpc) is 2.95. The zero-order valence-corrected chi connectivity index (χ0v) is 13.8. The molecule has 0 aliphatic heterocycles. The molecule has 128 valence electrons. The molecule has 23 heavy (non-hydrogen) atoms. The van der Waals surface area contributed by atoms with Crippen molar-refractivity contribution in [1.29, 1.82) is 0 Å². The smallest absolute Gasteiger partial charge is 0.248 e. The maximum atomic E-state index is 11.9. The van der Waals surface area contributed by atoms with Crippen LogP contribution in [0.15, 0.2) is 24.3 Å². The van der Waals surface area contributed by atoms with Crippen molar-refractivity contribution < 1.29 is 14.3 Å². The lowest BCUT2D eigenvalue weighted by atomic mass is 10.0. The molecule has 2 amide bonds. The highest BCUT2D eigenvalue weighted by Crippen LogP contribution is 2.24. The molecule has 1 aromatic carbocycles. The summed E-state index contributed by atoms with van der Waals surface area (Å²) in [5.74, 6) is 0.515. The Balaban J connectivity index is 0.00000264. The fourth-order valence-corrected chi connectivity index (χ4v) is 2.76. The monoisotopic (exact) mass is 341 g/mol. The molecule has 1 fully saturated rings. The number of amides is 2. The van der Waals surface area contributed by atoms with Gasteiger partial charge in [-0.25, -0.2) is 0 Å². The second kappa shape index (κ2) is 9.37. The highest BCUT2D eigenvalue weighted by Gasteiger charge is 2.27. The molecule has 0 bridgehead atoms. The molecule has 2 atom stereocenters. The van der Waals surface area contributed by atoms with Gasteiger partial charge in [0.05, 0.1) is 13.0 Å². The number of carbonyl (C=O) groups is 2. The van der Waals surface area contributed by atoms with Crippen LogP contribution >= 0.6 is 12.4 Å². The van der Waals surface area contributed by atoms with Gasteiger partial charge in [-0.15, -0.1) is 12.4 Å². The van der Waals surface area contributed by atoms with Crippen LogP contribution in [0.2, 0.25) is 0 Å². The van der Waals surface area contributed by atoms with Gasteiger partial charge in [-0.3, -0.25) is 9.59 Å². The summed E-state index contributed by atoms with van der Waals surface area (Å²) in [4.78, 5) is 22.9. The van der Waals surface area contributed by atoms with Gasteiger partial charge in [-0.2, -0.15) is 0 Å². The lowest BCUT2D eigenvalue weighted by Gasteiger charge is -2.19.